The molecule has 31 heavy (non-hydrogen) atoms. The van der Waals surface area contributed by atoms with Crippen molar-refractivity contribution in [2.24, 2.45) is 7.05 Å². The molecule has 0 aliphatic rings. The first kappa shape index (κ1) is 21.4. The van der Waals surface area contributed by atoms with Gasteiger partial charge in [-0.1, -0.05) is 23.2 Å². The van der Waals surface area contributed by atoms with Gasteiger partial charge in [0, 0.05) is 40.9 Å². The maximum absolute atomic E-state index is 6.14. The minimum atomic E-state index is 0.404. The van der Waals surface area contributed by atoms with Crippen molar-refractivity contribution in [2.75, 3.05) is 10.6 Å². The number of hydrogen-bond acceptors (Lipinski definition) is 7. The number of rotatable bonds is 6. The van der Waals surface area contributed by atoms with Crippen molar-refractivity contribution in [1.29, 1.82) is 0 Å². The van der Waals surface area contributed by atoms with Gasteiger partial charge in [-0.25, -0.2) is 4.98 Å². The van der Waals surface area contributed by atoms with Gasteiger partial charge < -0.3 is 15.2 Å². The molecule has 2 aromatic heterocycles. The molecule has 0 spiro atoms. The molecule has 0 unspecified atom stereocenters. The summed E-state index contributed by atoms with van der Waals surface area (Å²) in [6, 6.07) is 11.3. The van der Waals surface area contributed by atoms with Gasteiger partial charge in [0.2, 0.25) is 17.1 Å². The number of halogens is 2. The second-order valence-electron chi connectivity index (χ2n) is 6.87. The first-order valence-corrected chi connectivity index (χ1v) is 10.9. The maximum Gasteiger partial charge on any atom is 0.233 e. The van der Waals surface area contributed by atoms with E-state index in [1.165, 1.54) is 11.8 Å². The van der Waals surface area contributed by atoms with Crippen LogP contribution in [0.3, 0.4) is 0 Å². The molecule has 0 amide bonds. The number of hydrogen-bond donors (Lipinski definition) is 2. The third-order valence-electron chi connectivity index (χ3n) is 4.40. The van der Waals surface area contributed by atoms with Crippen LogP contribution in [0.25, 0.3) is 0 Å². The molecule has 0 aliphatic carbocycles. The SMILES string of the molecule is Cc1cc(Nc2nc(Nc3ccc(Cl)c(C)c3)nc(Sc3nccn3C)n2)ccc1Cl. The summed E-state index contributed by atoms with van der Waals surface area (Å²) in [5.74, 6) is 0.809. The van der Waals surface area contributed by atoms with Crippen LogP contribution in [-0.4, -0.2) is 24.5 Å². The first-order valence-electron chi connectivity index (χ1n) is 9.35. The Morgan fingerprint density at radius 2 is 1.39 bits per heavy atom. The lowest BCUT2D eigenvalue weighted by molar-refractivity contribution is 0.784. The fraction of sp³-hybridized carbons (Fsp3) is 0.143. The second-order valence-corrected chi connectivity index (χ2v) is 8.61. The maximum atomic E-state index is 6.14. The molecule has 0 fully saturated rings. The Hall–Kier alpha value is -2.81. The van der Waals surface area contributed by atoms with Crippen molar-refractivity contribution < 1.29 is 0 Å². The zero-order valence-electron chi connectivity index (χ0n) is 17.0. The van der Waals surface area contributed by atoms with Crippen LogP contribution in [0.15, 0.2) is 59.1 Å². The molecule has 0 aliphatic heterocycles. The highest BCUT2D eigenvalue weighted by atomic mass is 35.5. The normalized spacial score (nSPS) is 10.9. The Bertz CT molecular complexity index is 1170. The van der Waals surface area contributed by atoms with Crippen molar-refractivity contribution >= 4 is 58.2 Å². The number of benzene rings is 2. The van der Waals surface area contributed by atoms with Crippen LogP contribution >= 0.6 is 35.0 Å². The molecule has 4 aromatic rings. The predicted molar refractivity (Wildman–Crippen MR) is 126 cm³/mol. The molecule has 0 radical (unpaired) electrons. The molecule has 0 atom stereocenters. The van der Waals surface area contributed by atoms with Gasteiger partial charge in [0.25, 0.3) is 0 Å². The molecule has 4 rings (SSSR count). The van der Waals surface area contributed by atoms with E-state index in [0.717, 1.165) is 27.7 Å². The van der Waals surface area contributed by atoms with E-state index >= 15 is 0 Å². The summed E-state index contributed by atoms with van der Waals surface area (Å²) >= 11 is 13.6. The third kappa shape index (κ3) is 5.28. The average molecular weight is 472 g/mol. The lowest BCUT2D eigenvalue weighted by atomic mass is 10.2. The minimum absolute atomic E-state index is 0.404. The van der Waals surface area contributed by atoms with Crippen molar-refractivity contribution in [3.8, 4) is 0 Å². The lowest BCUT2D eigenvalue weighted by Crippen LogP contribution is -2.05. The van der Waals surface area contributed by atoms with E-state index in [1.807, 2.05) is 68.1 Å². The minimum Gasteiger partial charge on any atom is -0.329 e. The number of anilines is 4. The fourth-order valence-electron chi connectivity index (χ4n) is 2.75. The second kappa shape index (κ2) is 9.13. The fourth-order valence-corrected chi connectivity index (χ4v) is 3.73. The van der Waals surface area contributed by atoms with E-state index in [-0.39, 0.29) is 0 Å². The van der Waals surface area contributed by atoms with E-state index in [0.29, 0.717) is 27.1 Å². The van der Waals surface area contributed by atoms with E-state index in [9.17, 15) is 0 Å². The van der Waals surface area contributed by atoms with Gasteiger partial charge in [-0.3, -0.25) is 0 Å². The molecule has 2 N–H and O–H groups in total. The smallest absolute Gasteiger partial charge is 0.233 e. The quantitative estimate of drug-likeness (QED) is 0.348. The number of aromatic nitrogens is 5. The largest absolute Gasteiger partial charge is 0.329 e. The molecular formula is C21H19Cl2N7S. The van der Waals surface area contributed by atoms with Gasteiger partial charge in [0.15, 0.2) is 5.16 Å². The molecule has 0 saturated carbocycles. The van der Waals surface area contributed by atoms with Gasteiger partial charge in [-0.05, 0) is 73.1 Å². The molecule has 0 saturated heterocycles. The Morgan fingerprint density at radius 3 is 1.84 bits per heavy atom. The summed E-state index contributed by atoms with van der Waals surface area (Å²) in [6.07, 6.45) is 3.60. The topological polar surface area (TPSA) is 80.5 Å². The number of nitrogens with one attached hydrogen (secondary N) is 2. The Balaban J connectivity index is 1.67. The van der Waals surface area contributed by atoms with Crippen molar-refractivity contribution in [2.45, 2.75) is 24.2 Å². The third-order valence-corrected chi connectivity index (χ3v) is 6.19. The summed E-state index contributed by atoms with van der Waals surface area (Å²) in [5, 5.41) is 9.14. The van der Waals surface area contributed by atoms with Gasteiger partial charge in [-0.15, -0.1) is 0 Å². The Kier molecular flexibility index (Phi) is 6.31. The van der Waals surface area contributed by atoms with Crippen LogP contribution in [0, 0.1) is 13.8 Å². The highest BCUT2D eigenvalue weighted by Gasteiger charge is 2.12. The molecule has 10 heteroatoms. The van der Waals surface area contributed by atoms with Crippen LogP contribution in [-0.2, 0) is 7.05 Å². The molecule has 0 bridgehead atoms. The van der Waals surface area contributed by atoms with Gasteiger partial charge in [0.1, 0.15) is 0 Å². The summed E-state index contributed by atoms with van der Waals surface area (Å²) in [5.41, 5.74) is 3.57. The highest BCUT2D eigenvalue weighted by Crippen LogP contribution is 2.28. The molecule has 7 nitrogen and oxygen atoms in total. The van der Waals surface area contributed by atoms with Gasteiger partial charge >= 0.3 is 0 Å². The molecule has 2 heterocycles. The predicted octanol–water partition coefficient (Wildman–Crippen LogP) is 6.17. The lowest BCUT2D eigenvalue weighted by Gasteiger charge is -2.11. The van der Waals surface area contributed by atoms with E-state index < -0.39 is 0 Å². The summed E-state index contributed by atoms with van der Waals surface area (Å²) in [4.78, 5) is 18.0. The van der Waals surface area contributed by atoms with Crippen LogP contribution in [0.5, 0.6) is 0 Å². The summed E-state index contributed by atoms with van der Waals surface area (Å²) < 4.78 is 1.90. The summed E-state index contributed by atoms with van der Waals surface area (Å²) in [6.45, 7) is 3.89. The first-order chi connectivity index (χ1) is 14.9. The Morgan fingerprint density at radius 1 is 0.839 bits per heavy atom. The van der Waals surface area contributed by atoms with Crippen LogP contribution < -0.4 is 10.6 Å². The number of aryl methyl sites for hydroxylation is 3. The van der Waals surface area contributed by atoms with Gasteiger partial charge in [0.05, 0.1) is 0 Å². The average Bonchev–Trinajstić information content (AvgIpc) is 3.12. The number of imidazole rings is 1. The van der Waals surface area contributed by atoms with Crippen molar-refractivity contribution in [3.05, 3.63) is 70.0 Å². The summed E-state index contributed by atoms with van der Waals surface area (Å²) in [7, 11) is 1.92. The molecule has 2 aromatic carbocycles. The van der Waals surface area contributed by atoms with E-state index in [4.69, 9.17) is 23.2 Å². The van der Waals surface area contributed by atoms with Crippen LogP contribution in [0.1, 0.15) is 11.1 Å². The van der Waals surface area contributed by atoms with Gasteiger partial charge in [-0.2, -0.15) is 15.0 Å². The van der Waals surface area contributed by atoms with E-state index in [1.54, 1.807) is 6.20 Å². The van der Waals surface area contributed by atoms with Crippen LogP contribution in [0.2, 0.25) is 10.0 Å². The zero-order chi connectivity index (χ0) is 22.0. The number of nitrogens with zero attached hydrogens (tertiary/aromatic N) is 5. The van der Waals surface area contributed by atoms with Crippen LogP contribution in [0.4, 0.5) is 23.3 Å². The highest BCUT2D eigenvalue weighted by molar-refractivity contribution is 7.99. The van der Waals surface area contributed by atoms with Crippen molar-refractivity contribution in [3.63, 3.8) is 0 Å². The zero-order valence-corrected chi connectivity index (χ0v) is 19.3. The molecule has 158 valence electrons. The van der Waals surface area contributed by atoms with Crippen molar-refractivity contribution in [1.82, 2.24) is 24.5 Å². The molecular weight excluding hydrogens is 453 g/mol. The monoisotopic (exact) mass is 471 g/mol. The standard InChI is InChI=1S/C21H19Cl2N7S/c1-12-10-14(4-6-16(12)22)25-18-27-19(26-15-5-7-17(23)13(2)11-15)29-20(28-18)31-21-24-8-9-30(21)3/h4-11H,1-3H3,(H2,25,26,27,28,29). The Labute approximate surface area is 194 Å². The van der Waals surface area contributed by atoms with E-state index in [2.05, 4.69) is 30.6 Å².